The summed E-state index contributed by atoms with van der Waals surface area (Å²) in [5, 5.41) is 0. The van der Waals surface area contributed by atoms with Crippen LogP contribution < -0.4 is 0 Å². The van der Waals surface area contributed by atoms with E-state index in [0.29, 0.717) is 6.10 Å². The van der Waals surface area contributed by atoms with Crippen LogP contribution in [0.4, 0.5) is 0 Å². The molecule has 0 bridgehead atoms. The minimum absolute atomic E-state index is 0.457. The van der Waals surface area contributed by atoms with Gasteiger partial charge in [-0.25, -0.2) is 0 Å². The Kier molecular flexibility index (Phi) is 6.63. The van der Waals surface area contributed by atoms with Crippen molar-refractivity contribution >= 4 is 0 Å². The van der Waals surface area contributed by atoms with Gasteiger partial charge in [0.15, 0.2) is 0 Å². The van der Waals surface area contributed by atoms with Crippen LogP contribution in [0.5, 0.6) is 0 Å². The molecular weight excluding hydrogens is 136 g/mol. The van der Waals surface area contributed by atoms with Gasteiger partial charge in [-0.3, -0.25) is 0 Å². The summed E-state index contributed by atoms with van der Waals surface area (Å²) in [6.45, 7) is 9.74. The smallest absolute Gasteiger partial charge is 0.0546 e. The van der Waals surface area contributed by atoms with Crippen molar-refractivity contribution in [2.75, 3.05) is 6.61 Å². The first-order chi connectivity index (χ1) is 5.16. The van der Waals surface area contributed by atoms with E-state index in [1.807, 2.05) is 0 Å². The minimum atomic E-state index is 0.457. The molecular formula is C10H22O. The zero-order valence-electron chi connectivity index (χ0n) is 8.39. The van der Waals surface area contributed by atoms with E-state index in [0.717, 1.165) is 12.5 Å². The van der Waals surface area contributed by atoms with Gasteiger partial charge in [-0.05, 0) is 25.7 Å². The number of ether oxygens (including phenoxy) is 1. The Morgan fingerprint density at radius 1 is 1.09 bits per heavy atom. The summed E-state index contributed by atoms with van der Waals surface area (Å²) in [5.41, 5.74) is 0. The van der Waals surface area contributed by atoms with E-state index >= 15 is 0 Å². The highest BCUT2D eigenvalue weighted by atomic mass is 16.5. The maximum absolute atomic E-state index is 5.59. The minimum Gasteiger partial charge on any atom is -0.379 e. The lowest BCUT2D eigenvalue weighted by Gasteiger charge is -2.12. The second-order valence-electron chi connectivity index (χ2n) is 3.65. The third-order valence-corrected chi connectivity index (χ3v) is 1.79. The highest BCUT2D eigenvalue weighted by Crippen LogP contribution is 2.04. The Morgan fingerprint density at radius 3 is 2.18 bits per heavy atom. The lowest BCUT2D eigenvalue weighted by Crippen LogP contribution is -2.09. The number of hydrogen-bond donors (Lipinski definition) is 0. The van der Waals surface area contributed by atoms with Crippen molar-refractivity contribution in [2.24, 2.45) is 5.92 Å². The number of rotatable bonds is 6. The molecule has 0 spiro atoms. The summed E-state index contributed by atoms with van der Waals surface area (Å²) in [4.78, 5) is 0. The summed E-state index contributed by atoms with van der Waals surface area (Å²) in [5.74, 6) is 0.767. The maximum atomic E-state index is 5.59. The van der Waals surface area contributed by atoms with Gasteiger partial charge < -0.3 is 4.74 Å². The van der Waals surface area contributed by atoms with Crippen molar-refractivity contribution < 1.29 is 4.74 Å². The SMILES string of the molecule is CCCC(C)OCCC(C)C. The van der Waals surface area contributed by atoms with E-state index in [-0.39, 0.29) is 0 Å². The highest BCUT2D eigenvalue weighted by Gasteiger charge is 2.00. The third kappa shape index (κ3) is 7.86. The van der Waals surface area contributed by atoms with Gasteiger partial charge in [-0.2, -0.15) is 0 Å². The van der Waals surface area contributed by atoms with Gasteiger partial charge in [0.25, 0.3) is 0 Å². The average molecular weight is 158 g/mol. The van der Waals surface area contributed by atoms with Crippen LogP contribution in [0.1, 0.15) is 47.0 Å². The molecule has 0 amide bonds. The van der Waals surface area contributed by atoms with E-state index in [2.05, 4.69) is 27.7 Å². The average Bonchev–Trinajstić information content (AvgIpc) is 1.87. The van der Waals surface area contributed by atoms with Crippen LogP contribution >= 0.6 is 0 Å². The van der Waals surface area contributed by atoms with Crippen molar-refractivity contribution in [1.29, 1.82) is 0 Å². The monoisotopic (exact) mass is 158 g/mol. The molecule has 11 heavy (non-hydrogen) atoms. The van der Waals surface area contributed by atoms with Crippen molar-refractivity contribution in [3.8, 4) is 0 Å². The van der Waals surface area contributed by atoms with E-state index in [1.54, 1.807) is 0 Å². The van der Waals surface area contributed by atoms with Gasteiger partial charge in [0.05, 0.1) is 6.10 Å². The predicted molar refractivity (Wildman–Crippen MR) is 49.8 cm³/mol. The molecule has 0 aromatic rings. The second-order valence-corrected chi connectivity index (χ2v) is 3.65. The lowest BCUT2D eigenvalue weighted by atomic mass is 10.1. The standard InChI is InChI=1S/C10H22O/c1-5-6-10(4)11-8-7-9(2)3/h9-10H,5-8H2,1-4H3. The van der Waals surface area contributed by atoms with Crippen LogP contribution in [0.2, 0.25) is 0 Å². The van der Waals surface area contributed by atoms with Crippen LogP contribution in [0.25, 0.3) is 0 Å². The molecule has 1 atom stereocenters. The maximum Gasteiger partial charge on any atom is 0.0546 e. The second kappa shape index (κ2) is 6.66. The molecule has 0 saturated heterocycles. The Labute approximate surface area is 71.1 Å². The van der Waals surface area contributed by atoms with Crippen LogP contribution in [0.3, 0.4) is 0 Å². The van der Waals surface area contributed by atoms with Crippen molar-refractivity contribution in [3.63, 3.8) is 0 Å². The molecule has 0 aliphatic heterocycles. The molecule has 0 N–H and O–H groups in total. The fraction of sp³-hybridized carbons (Fsp3) is 1.00. The predicted octanol–water partition coefficient (Wildman–Crippen LogP) is 3.24. The molecule has 0 aromatic carbocycles. The Bertz CT molecular complexity index is 78.9. The fourth-order valence-corrected chi connectivity index (χ4v) is 0.995. The van der Waals surface area contributed by atoms with E-state index in [1.165, 1.54) is 19.3 Å². The molecule has 1 nitrogen and oxygen atoms in total. The van der Waals surface area contributed by atoms with Gasteiger partial charge in [0.1, 0.15) is 0 Å². The molecule has 0 aliphatic rings. The molecule has 1 heteroatoms. The van der Waals surface area contributed by atoms with Gasteiger partial charge in [0.2, 0.25) is 0 Å². The molecule has 68 valence electrons. The van der Waals surface area contributed by atoms with Gasteiger partial charge >= 0.3 is 0 Å². The van der Waals surface area contributed by atoms with Crippen molar-refractivity contribution in [3.05, 3.63) is 0 Å². The van der Waals surface area contributed by atoms with E-state index in [9.17, 15) is 0 Å². The summed E-state index contributed by atoms with van der Waals surface area (Å²) in [6, 6.07) is 0. The lowest BCUT2D eigenvalue weighted by molar-refractivity contribution is 0.0529. The van der Waals surface area contributed by atoms with E-state index < -0.39 is 0 Å². The highest BCUT2D eigenvalue weighted by molar-refractivity contribution is 4.49. The Hall–Kier alpha value is -0.0400. The van der Waals surface area contributed by atoms with E-state index in [4.69, 9.17) is 4.74 Å². The van der Waals surface area contributed by atoms with Crippen molar-refractivity contribution in [2.45, 2.75) is 53.1 Å². The van der Waals surface area contributed by atoms with Crippen LogP contribution in [-0.4, -0.2) is 12.7 Å². The summed E-state index contributed by atoms with van der Waals surface area (Å²) in [7, 11) is 0. The van der Waals surface area contributed by atoms with Crippen LogP contribution in [0.15, 0.2) is 0 Å². The molecule has 0 aliphatic carbocycles. The molecule has 0 saturated carbocycles. The molecule has 0 aromatic heterocycles. The molecule has 0 radical (unpaired) electrons. The Balaban J connectivity index is 3.10. The number of hydrogen-bond acceptors (Lipinski definition) is 1. The molecule has 0 rings (SSSR count). The zero-order chi connectivity index (χ0) is 8.69. The third-order valence-electron chi connectivity index (χ3n) is 1.79. The molecule has 0 fully saturated rings. The first-order valence-corrected chi connectivity index (χ1v) is 4.78. The first kappa shape index (κ1) is 11.0. The summed E-state index contributed by atoms with van der Waals surface area (Å²) in [6.07, 6.45) is 4.06. The van der Waals surface area contributed by atoms with Crippen LogP contribution in [-0.2, 0) is 4.74 Å². The zero-order valence-corrected chi connectivity index (χ0v) is 8.39. The quantitative estimate of drug-likeness (QED) is 0.576. The Morgan fingerprint density at radius 2 is 1.73 bits per heavy atom. The fourth-order valence-electron chi connectivity index (χ4n) is 0.995. The van der Waals surface area contributed by atoms with Crippen LogP contribution in [0, 0.1) is 5.92 Å². The summed E-state index contributed by atoms with van der Waals surface area (Å²) < 4.78 is 5.59. The van der Waals surface area contributed by atoms with Gasteiger partial charge in [-0.1, -0.05) is 27.2 Å². The first-order valence-electron chi connectivity index (χ1n) is 4.78. The summed E-state index contributed by atoms with van der Waals surface area (Å²) >= 11 is 0. The largest absolute Gasteiger partial charge is 0.379 e. The van der Waals surface area contributed by atoms with Gasteiger partial charge in [0, 0.05) is 6.61 Å². The topological polar surface area (TPSA) is 9.23 Å². The van der Waals surface area contributed by atoms with Gasteiger partial charge in [-0.15, -0.1) is 0 Å². The molecule has 0 heterocycles. The molecule has 1 unspecified atom stereocenters. The normalized spacial score (nSPS) is 13.9. The van der Waals surface area contributed by atoms with Crippen molar-refractivity contribution in [1.82, 2.24) is 0 Å².